The molecule has 0 spiro atoms. The summed E-state index contributed by atoms with van der Waals surface area (Å²) in [5.74, 6) is -1.20. The number of nitrogens with zero attached hydrogens (tertiary/aromatic N) is 1. The summed E-state index contributed by atoms with van der Waals surface area (Å²) >= 11 is 1.54. The van der Waals surface area contributed by atoms with Gasteiger partial charge in [0.15, 0.2) is 0 Å². The monoisotopic (exact) mass is 336 g/mol. The third-order valence-electron chi connectivity index (χ3n) is 3.05. The van der Waals surface area contributed by atoms with Crippen molar-refractivity contribution in [3.63, 3.8) is 0 Å². The lowest BCUT2D eigenvalue weighted by atomic mass is 10.1. The number of carbonyl (C=O) groups is 2. The molecule has 1 aromatic carbocycles. The predicted octanol–water partition coefficient (Wildman–Crippen LogP) is 2.53. The Labute approximate surface area is 137 Å². The van der Waals surface area contributed by atoms with Crippen molar-refractivity contribution < 1.29 is 14.0 Å². The minimum atomic E-state index is -0.648. The molecule has 0 aliphatic rings. The zero-order chi connectivity index (χ0) is 16.8. The van der Waals surface area contributed by atoms with E-state index in [1.54, 1.807) is 6.20 Å². The molecular formula is C15H17FN4O2S. The number of anilines is 1. The van der Waals surface area contributed by atoms with Gasteiger partial charge >= 0.3 is 6.03 Å². The fourth-order valence-electron chi connectivity index (χ4n) is 1.84. The summed E-state index contributed by atoms with van der Waals surface area (Å²) in [6, 6.07) is 3.36. The molecule has 0 bridgehead atoms. The number of rotatable bonds is 5. The third-order valence-corrected chi connectivity index (χ3v) is 4.19. The Morgan fingerprint density at radius 1 is 1.35 bits per heavy atom. The molecule has 0 aliphatic carbocycles. The quantitative estimate of drug-likeness (QED) is 0.784. The first-order valence-corrected chi connectivity index (χ1v) is 7.85. The summed E-state index contributed by atoms with van der Waals surface area (Å²) < 4.78 is 13.6. The van der Waals surface area contributed by atoms with Crippen molar-refractivity contribution in [1.82, 2.24) is 15.6 Å². The van der Waals surface area contributed by atoms with Gasteiger partial charge in [-0.3, -0.25) is 4.79 Å². The van der Waals surface area contributed by atoms with Crippen molar-refractivity contribution >= 4 is 29.0 Å². The van der Waals surface area contributed by atoms with Gasteiger partial charge in [-0.05, 0) is 24.6 Å². The minimum Gasteiger partial charge on any atom is -0.355 e. The number of amides is 3. The van der Waals surface area contributed by atoms with Crippen LogP contribution in [0.3, 0.4) is 0 Å². The number of hydrogen-bond donors (Lipinski definition) is 3. The molecule has 1 heterocycles. The summed E-state index contributed by atoms with van der Waals surface area (Å²) in [6.07, 6.45) is 2.69. The maximum atomic E-state index is 13.6. The molecule has 1 aromatic heterocycles. The van der Waals surface area contributed by atoms with E-state index in [4.69, 9.17) is 0 Å². The standard InChI is InChI=1S/C15H17FN4O2S/c1-3-10-7-18-13(23-10)8-19-15(22)20-9-4-5-12(16)11(6-9)14(21)17-2/h4-7H,3,8H2,1-2H3,(H,17,21)(H2,19,20,22). The van der Waals surface area contributed by atoms with E-state index in [2.05, 4.69) is 20.9 Å². The molecule has 6 nitrogen and oxygen atoms in total. The largest absolute Gasteiger partial charge is 0.355 e. The second-order valence-corrected chi connectivity index (χ2v) is 5.86. The molecule has 3 amide bonds. The first-order valence-electron chi connectivity index (χ1n) is 7.03. The number of hydrogen-bond acceptors (Lipinski definition) is 4. The zero-order valence-corrected chi connectivity index (χ0v) is 13.6. The predicted molar refractivity (Wildman–Crippen MR) is 87.1 cm³/mol. The Morgan fingerprint density at radius 2 is 2.13 bits per heavy atom. The van der Waals surface area contributed by atoms with Gasteiger partial charge in [0.25, 0.3) is 5.91 Å². The van der Waals surface area contributed by atoms with Gasteiger partial charge in [-0.1, -0.05) is 6.92 Å². The van der Waals surface area contributed by atoms with Crippen LogP contribution in [0.4, 0.5) is 14.9 Å². The fourth-order valence-corrected chi connectivity index (χ4v) is 2.64. The number of thiazole rings is 1. The van der Waals surface area contributed by atoms with E-state index >= 15 is 0 Å². The molecule has 2 aromatic rings. The van der Waals surface area contributed by atoms with Gasteiger partial charge in [0.1, 0.15) is 10.8 Å². The zero-order valence-electron chi connectivity index (χ0n) is 12.8. The molecule has 0 fully saturated rings. The molecule has 122 valence electrons. The molecule has 2 rings (SSSR count). The highest BCUT2D eigenvalue weighted by molar-refractivity contribution is 7.11. The van der Waals surface area contributed by atoms with Crippen LogP contribution in [0, 0.1) is 5.82 Å². The van der Waals surface area contributed by atoms with Gasteiger partial charge < -0.3 is 16.0 Å². The molecular weight excluding hydrogens is 319 g/mol. The number of halogens is 1. The smallest absolute Gasteiger partial charge is 0.319 e. The number of benzene rings is 1. The second-order valence-electron chi connectivity index (χ2n) is 4.66. The lowest BCUT2D eigenvalue weighted by Gasteiger charge is -2.08. The Morgan fingerprint density at radius 3 is 2.78 bits per heavy atom. The molecule has 8 heteroatoms. The van der Waals surface area contributed by atoms with Crippen molar-refractivity contribution in [1.29, 1.82) is 0 Å². The maximum Gasteiger partial charge on any atom is 0.319 e. The fraction of sp³-hybridized carbons (Fsp3) is 0.267. The second kappa shape index (κ2) is 7.68. The molecule has 0 unspecified atom stereocenters. The van der Waals surface area contributed by atoms with Crippen molar-refractivity contribution in [3.05, 3.63) is 45.7 Å². The normalized spacial score (nSPS) is 10.2. The molecule has 3 N–H and O–H groups in total. The van der Waals surface area contributed by atoms with Gasteiger partial charge in [-0.25, -0.2) is 14.2 Å². The van der Waals surface area contributed by atoms with Crippen LogP contribution < -0.4 is 16.0 Å². The van der Waals surface area contributed by atoms with Gasteiger partial charge in [-0.15, -0.1) is 11.3 Å². The molecule has 23 heavy (non-hydrogen) atoms. The summed E-state index contributed by atoms with van der Waals surface area (Å²) in [5.41, 5.74) is 0.202. The summed E-state index contributed by atoms with van der Waals surface area (Å²) in [6.45, 7) is 2.34. The third kappa shape index (κ3) is 4.49. The Balaban J connectivity index is 1.96. The van der Waals surface area contributed by atoms with Crippen LogP contribution >= 0.6 is 11.3 Å². The van der Waals surface area contributed by atoms with Crippen LogP contribution in [0.25, 0.3) is 0 Å². The number of nitrogens with one attached hydrogen (secondary N) is 3. The Kier molecular flexibility index (Phi) is 5.64. The van der Waals surface area contributed by atoms with Crippen LogP contribution in [0.2, 0.25) is 0 Å². The van der Waals surface area contributed by atoms with E-state index in [0.717, 1.165) is 22.4 Å². The topological polar surface area (TPSA) is 83.1 Å². The SMILES string of the molecule is CCc1cnc(CNC(=O)Nc2ccc(F)c(C(=O)NC)c2)s1. The van der Waals surface area contributed by atoms with Crippen molar-refractivity contribution in [2.24, 2.45) is 0 Å². The number of aryl methyl sites for hydroxylation is 1. The van der Waals surface area contributed by atoms with Gasteiger partial charge in [0.05, 0.1) is 12.1 Å². The highest BCUT2D eigenvalue weighted by atomic mass is 32.1. The number of urea groups is 1. The van der Waals surface area contributed by atoms with E-state index in [1.165, 1.54) is 30.5 Å². The summed E-state index contributed by atoms with van der Waals surface area (Å²) in [4.78, 5) is 28.7. The van der Waals surface area contributed by atoms with Crippen molar-refractivity contribution in [3.8, 4) is 0 Å². The number of carbonyl (C=O) groups excluding carboxylic acids is 2. The van der Waals surface area contributed by atoms with Crippen LogP contribution in [0.15, 0.2) is 24.4 Å². The molecule has 0 saturated carbocycles. The van der Waals surface area contributed by atoms with E-state index in [-0.39, 0.29) is 5.56 Å². The highest BCUT2D eigenvalue weighted by Gasteiger charge is 2.12. The van der Waals surface area contributed by atoms with Gasteiger partial charge in [0.2, 0.25) is 0 Å². The molecule has 0 aliphatic heterocycles. The average Bonchev–Trinajstić information content (AvgIpc) is 3.02. The summed E-state index contributed by atoms with van der Waals surface area (Å²) in [5, 5.41) is 8.38. The van der Waals surface area contributed by atoms with Crippen LogP contribution in [0.5, 0.6) is 0 Å². The van der Waals surface area contributed by atoms with Crippen LogP contribution in [-0.2, 0) is 13.0 Å². The maximum absolute atomic E-state index is 13.6. The van der Waals surface area contributed by atoms with Gasteiger partial charge in [-0.2, -0.15) is 0 Å². The Hall–Kier alpha value is -2.48. The molecule has 0 radical (unpaired) electrons. The van der Waals surface area contributed by atoms with E-state index in [0.29, 0.717) is 12.2 Å². The molecule has 0 saturated heterocycles. The van der Waals surface area contributed by atoms with E-state index < -0.39 is 17.8 Å². The number of aromatic nitrogens is 1. The summed E-state index contributed by atoms with van der Waals surface area (Å²) in [7, 11) is 1.41. The van der Waals surface area contributed by atoms with E-state index in [1.807, 2.05) is 6.92 Å². The van der Waals surface area contributed by atoms with Crippen LogP contribution in [-0.4, -0.2) is 24.0 Å². The van der Waals surface area contributed by atoms with Crippen molar-refractivity contribution in [2.45, 2.75) is 19.9 Å². The minimum absolute atomic E-state index is 0.127. The Bertz CT molecular complexity index is 717. The lowest BCUT2D eigenvalue weighted by molar-refractivity contribution is 0.0959. The van der Waals surface area contributed by atoms with Gasteiger partial charge in [0, 0.05) is 23.8 Å². The average molecular weight is 336 g/mol. The van der Waals surface area contributed by atoms with Crippen molar-refractivity contribution in [2.75, 3.05) is 12.4 Å². The lowest BCUT2D eigenvalue weighted by Crippen LogP contribution is -2.28. The van der Waals surface area contributed by atoms with E-state index in [9.17, 15) is 14.0 Å². The van der Waals surface area contributed by atoms with Crippen LogP contribution in [0.1, 0.15) is 27.2 Å². The molecule has 0 atom stereocenters. The first kappa shape index (κ1) is 16.9. The first-order chi connectivity index (χ1) is 11.0. The highest BCUT2D eigenvalue weighted by Crippen LogP contribution is 2.15.